The Morgan fingerprint density at radius 3 is 2.65 bits per heavy atom. The third-order valence-electron chi connectivity index (χ3n) is 3.59. The van der Waals surface area contributed by atoms with Crippen LogP contribution in [0.15, 0.2) is 0 Å². The molecule has 1 fully saturated rings. The molecule has 1 rings (SSSR count). The Balaban J connectivity index is 2.06. The van der Waals surface area contributed by atoms with Crippen LogP contribution in [0.3, 0.4) is 0 Å². The van der Waals surface area contributed by atoms with Gasteiger partial charge in [0.05, 0.1) is 6.07 Å². The summed E-state index contributed by atoms with van der Waals surface area (Å²) in [5.41, 5.74) is -0.339. The maximum atomic E-state index is 9.24. The lowest BCUT2D eigenvalue weighted by Crippen LogP contribution is -2.43. The lowest BCUT2D eigenvalue weighted by Gasteiger charge is -2.25. The van der Waals surface area contributed by atoms with E-state index < -0.39 is 0 Å². The molecular formula is C14H26N2O. The van der Waals surface area contributed by atoms with E-state index in [0.717, 1.165) is 44.9 Å². The minimum absolute atomic E-state index is 0.339. The Kier molecular flexibility index (Phi) is 6.54. The van der Waals surface area contributed by atoms with Crippen molar-refractivity contribution in [3.05, 3.63) is 0 Å². The largest absolute Gasteiger partial charge is 0.381 e. The second-order valence-corrected chi connectivity index (χ2v) is 5.03. The van der Waals surface area contributed by atoms with Crippen molar-refractivity contribution in [1.82, 2.24) is 5.32 Å². The Morgan fingerprint density at radius 2 is 2.12 bits per heavy atom. The van der Waals surface area contributed by atoms with Gasteiger partial charge in [-0.3, -0.25) is 5.32 Å². The lowest BCUT2D eigenvalue weighted by molar-refractivity contribution is 0.119. The van der Waals surface area contributed by atoms with Gasteiger partial charge in [-0.25, -0.2) is 0 Å². The first-order chi connectivity index (χ1) is 8.26. The van der Waals surface area contributed by atoms with Gasteiger partial charge in [0.2, 0.25) is 0 Å². The Bertz CT molecular complexity index is 245. The van der Waals surface area contributed by atoms with Gasteiger partial charge in [0.25, 0.3) is 0 Å². The highest BCUT2D eigenvalue weighted by Gasteiger charge is 2.25. The Labute approximate surface area is 106 Å². The van der Waals surface area contributed by atoms with E-state index in [1.165, 1.54) is 19.3 Å². The fourth-order valence-electron chi connectivity index (χ4n) is 2.14. The van der Waals surface area contributed by atoms with Crippen LogP contribution in [0.4, 0.5) is 0 Å². The number of ether oxygens (including phenoxy) is 1. The molecule has 0 heterocycles. The highest BCUT2D eigenvalue weighted by molar-refractivity contribution is 5.05. The third-order valence-corrected chi connectivity index (χ3v) is 3.59. The zero-order valence-corrected chi connectivity index (χ0v) is 11.3. The number of rotatable bonds is 10. The van der Waals surface area contributed by atoms with Crippen LogP contribution in [-0.4, -0.2) is 25.3 Å². The van der Waals surface area contributed by atoms with Gasteiger partial charge < -0.3 is 4.74 Å². The first-order valence-electron chi connectivity index (χ1n) is 7.00. The molecule has 1 saturated carbocycles. The molecule has 1 unspecified atom stereocenters. The number of hydrogen-bond donors (Lipinski definition) is 1. The van der Waals surface area contributed by atoms with E-state index in [1.807, 2.05) is 6.92 Å². The van der Waals surface area contributed by atoms with Crippen LogP contribution in [0.5, 0.6) is 0 Å². The van der Waals surface area contributed by atoms with Crippen molar-refractivity contribution >= 4 is 0 Å². The molecule has 0 aromatic heterocycles. The van der Waals surface area contributed by atoms with Crippen LogP contribution in [-0.2, 0) is 4.74 Å². The van der Waals surface area contributed by atoms with Crippen LogP contribution >= 0.6 is 0 Å². The van der Waals surface area contributed by atoms with Gasteiger partial charge in [-0.15, -0.1) is 0 Å². The molecule has 1 atom stereocenters. The maximum absolute atomic E-state index is 9.24. The number of nitrogens with zero attached hydrogens (tertiary/aromatic N) is 1. The van der Waals surface area contributed by atoms with Crippen LogP contribution in [0.2, 0.25) is 0 Å². The number of nitrogens with one attached hydrogen (secondary N) is 1. The van der Waals surface area contributed by atoms with Gasteiger partial charge in [0.1, 0.15) is 5.54 Å². The molecule has 3 heteroatoms. The summed E-state index contributed by atoms with van der Waals surface area (Å²) in [7, 11) is 0. The molecule has 1 aliphatic carbocycles. The van der Waals surface area contributed by atoms with Crippen molar-refractivity contribution in [2.45, 2.75) is 57.9 Å². The third kappa shape index (κ3) is 5.52. The monoisotopic (exact) mass is 238 g/mol. The highest BCUT2D eigenvalue weighted by Crippen LogP contribution is 2.32. The van der Waals surface area contributed by atoms with E-state index in [-0.39, 0.29) is 5.54 Å². The van der Waals surface area contributed by atoms with Crippen LogP contribution in [0, 0.1) is 17.2 Å². The molecular weight excluding hydrogens is 212 g/mol. The van der Waals surface area contributed by atoms with Gasteiger partial charge in [0, 0.05) is 13.2 Å². The van der Waals surface area contributed by atoms with Gasteiger partial charge in [-0.2, -0.15) is 5.26 Å². The molecule has 0 aliphatic heterocycles. The first kappa shape index (κ1) is 14.5. The molecule has 1 aliphatic rings. The SMILES string of the molecule is CCNC(C#N)(CC)CCCOCCC1CC1. The minimum Gasteiger partial charge on any atom is -0.381 e. The highest BCUT2D eigenvalue weighted by atomic mass is 16.5. The van der Waals surface area contributed by atoms with Crippen LogP contribution < -0.4 is 5.32 Å². The molecule has 3 nitrogen and oxygen atoms in total. The normalized spacial score (nSPS) is 18.6. The van der Waals surface area contributed by atoms with E-state index >= 15 is 0 Å². The second kappa shape index (κ2) is 7.68. The first-order valence-corrected chi connectivity index (χ1v) is 7.00. The van der Waals surface area contributed by atoms with Crippen molar-refractivity contribution < 1.29 is 4.74 Å². The maximum Gasteiger partial charge on any atom is 0.106 e. The average molecular weight is 238 g/mol. The van der Waals surface area contributed by atoms with E-state index in [0.29, 0.717) is 0 Å². The van der Waals surface area contributed by atoms with Crippen molar-refractivity contribution in [2.75, 3.05) is 19.8 Å². The van der Waals surface area contributed by atoms with Gasteiger partial charge in [-0.05, 0) is 38.1 Å². The molecule has 98 valence electrons. The summed E-state index contributed by atoms with van der Waals surface area (Å²) >= 11 is 0. The smallest absolute Gasteiger partial charge is 0.106 e. The predicted octanol–water partition coefficient (Wildman–Crippen LogP) is 2.87. The molecule has 0 bridgehead atoms. The summed E-state index contributed by atoms with van der Waals surface area (Å²) in [6.45, 7) is 6.66. The van der Waals surface area contributed by atoms with E-state index in [1.54, 1.807) is 0 Å². The molecule has 0 aromatic carbocycles. The standard InChI is InChI=1S/C14H26N2O/c1-3-14(12-15,16-4-2)9-5-10-17-11-8-13-6-7-13/h13,16H,3-11H2,1-2H3. The van der Waals surface area contributed by atoms with Crippen LogP contribution in [0.25, 0.3) is 0 Å². The fourth-order valence-corrected chi connectivity index (χ4v) is 2.14. The topological polar surface area (TPSA) is 45.0 Å². The minimum atomic E-state index is -0.339. The van der Waals surface area contributed by atoms with Crippen molar-refractivity contribution in [1.29, 1.82) is 5.26 Å². The average Bonchev–Trinajstić information content (AvgIpc) is 3.16. The molecule has 0 spiro atoms. The van der Waals surface area contributed by atoms with Crippen molar-refractivity contribution in [2.24, 2.45) is 5.92 Å². The van der Waals surface area contributed by atoms with E-state index in [2.05, 4.69) is 18.3 Å². The molecule has 0 radical (unpaired) electrons. The van der Waals surface area contributed by atoms with Crippen molar-refractivity contribution in [3.8, 4) is 6.07 Å². The van der Waals surface area contributed by atoms with Crippen molar-refractivity contribution in [3.63, 3.8) is 0 Å². The molecule has 0 aromatic rings. The van der Waals surface area contributed by atoms with Crippen LogP contribution in [0.1, 0.15) is 52.4 Å². The summed E-state index contributed by atoms with van der Waals surface area (Å²) in [5.74, 6) is 0.950. The zero-order valence-electron chi connectivity index (χ0n) is 11.3. The molecule has 0 amide bonds. The summed E-state index contributed by atoms with van der Waals surface area (Å²) in [6.07, 6.45) is 6.74. The van der Waals surface area contributed by atoms with E-state index in [9.17, 15) is 5.26 Å². The fraction of sp³-hybridized carbons (Fsp3) is 0.929. The molecule has 0 saturated heterocycles. The van der Waals surface area contributed by atoms with Gasteiger partial charge in [-0.1, -0.05) is 26.7 Å². The summed E-state index contributed by atoms with van der Waals surface area (Å²) in [6, 6.07) is 2.42. The van der Waals surface area contributed by atoms with E-state index in [4.69, 9.17) is 4.74 Å². The zero-order chi connectivity index (χ0) is 12.6. The Hall–Kier alpha value is -0.590. The second-order valence-electron chi connectivity index (χ2n) is 5.03. The summed E-state index contributed by atoms with van der Waals surface area (Å²) in [4.78, 5) is 0. The predicted molar refractivity (Wildman–Crippen MR) is 69.7 cm³/mol. The summed E-state index contributed by atoms with van der Waals surface area (Å²) < 4.78 is 5.61. The summed E-state index contributed by atoms with van der Waals surface area (Å²) in [5, 5.41) is 12.5. The quantitative estimate of drug-likeness (QED) is 0.595. The number of hydrogen-bond acceptors (Lipinski definition) is 3. The molecule has 1 N–H and O–H groups in total. The van der Waals surface area contributed by atoms with Gasteiger partial charge >= 0.3 is 0 Å². The molecule has 17 heavy (non-hydrogen) atoms. The lowest BCUT2D eigenvalue weighted by atomic mass is 9.92. The Morgan fingerprint density at radius 1 is 1.35 bits per heavy atom. The van der Waals surface area contributed by atoms with Gasteiger partial charge in [0.15, 0.2) is 0 Å². The number of nitriles is 1.